The quantitative estimate of drug-likeness (QED) is 0.0391. The monoisotopic (exact) mass is 1150 g/mol. The van der Waals surface area contributed by atoms with Crippen molar-refractivity contribution in [1.82, 2.24) is 10.6 Å². The molecule has 1 aliphatic rings. The van der Waals surface area contributed by atoms with E-state index in [1.165, 1.54) is 82.1 Å². The van der Waals surface area contributed by atoms with Crippen molar-refractivity contribution >= 4 is 27.5 Å². The fourth-order valence-corrected chi connectivity index (χ4v) is 11.1. The summed E-state index contributed by atoms with van der Waals surface area (Å²) in [6, 6.07) is -2.54. The van der Waals surface area contributed by atoms with Crippen LogP contribution in [0.25, 0.3) is 0 Å². The normalized spacial score (nSPS) is 21.3. The number of allylic oxidation sites excluding steroid dienone is 21. The van der Waals surface area contributed by atoms with Gasteiger partial charge < -0.3 is 34.8 Å². The van der Waals surface area contributed by atoms with Gasteiger partial charge in [0.25, 0.3) is 15.6 Å². The molecule has 15 heteroatoms. The van der Waals surface area contributed by atoms with Crippen molar-refractivity contribution in [2.45, 2.75) is 263 Å². The van der Waals surface area contributed by atoms with Crippen LogP contribution in [0.3, 0.4) is 0 Å². The molecule has 0 aromatic carbocycles. The van der Waals surface area contributed by atoms with E-state index >= 15 is 0 Å². The lowest BCUT2D eigenvalue weighted by atomic mass is 9.95. The first-order valence-corrected chi connectivity index (χ1v) is 32.2. The van der Waals surface area contributed by atoms with Crippen LogP contribution in [0, 0.1) is 0 Å². The van der Waals surface area contributed by atoms with E-state index in [1.807, 2.05) is 6.92 Å². The number of phosphoric ester groups is 2. The Morgan fingerprint density at radius 3 is 0.975 bits per heavy atom. The fraction of sp³-hybridized carbons (Fsp3) is 0.631. The summed E-state index contributed by atoms with van der Waals surface area (Å²) in [5, 5.41) is 15.6. The van der Waals surface area contributed by atoms with Crippen LogP contribution >= 0.6 is 15.6 Å². The summed E-state index contributed by atoms with van der Waals surface area (Å²) in [6.45, 7) is 29.6. The van der Waals surface area contributed by atoms with Gasteiger partial charge in [0.05, 0.1) is 18.8 Å². The molecule has 1 heterocycles. The zero-order valence-electron chi connectivity index (χ0n) is 52.0. The molecule has 0 radical (unpaired) electrons. The van der Waals surface area contributed by atoms with Crippen molar-refractivity contribution in [1.29, 1.82) is 0 Å². The summed E-state index contributed by atoms with van der Waals surface area (Å²) < 4.78 is 44.4. The average Bonchev–Trinajstić information content (AvgIpc) is 3.33. The average molecular weight is 1150 g/mol. The van der Waals surface area contributed by atoms with E-state index in [4.69, 9.17) is 13.8 Å². The van der Waals surface area contributed by atoms with Gasteiger partial charge in [-0.1, -0.05) is 128 Å². The number of aliphatic hydroxyl groups is 1. The summed E-state index contributed by atoms with van der Waals surface area (Å²) in [7, 11) is -11.1. The van der Waals surface area contributed by atoms with Crippen LogP contribution in [0.2, 0.25) is 0 Å². The van der Waals surface area contributed by atoms with E-state index in [2.05, 4.69) is 152 Å². The van der Waals surface area contributed by atoms with Crippen molar-refractivity contribution in [3.05, 3.63) is 128 Å². The molecule has 2 unspecified atom stereocenters. The number of carbonyl (C=O) groups is 2. The van der Waals surface area contributed by atoms with Crippen molar-refractivity contribution < 1.29 is 51.7 Å². The molecule has 7 atom stereocenters. The van der Waals surface area contributed by atoms with E-state index in [-0.39, 0.29) is 0 Å². The lowest BCUT2D eigenvalue weighted by Crippen LogP contribution is -2.67. The minimum Gasteiger partial charge on any atom is -0.756 e. The summed E-state index contributed by atoms with van der Waals surface area (Å²) in [5.41, 5.74) is 15.3. The number of nitrogens with one attached hydrogen (secondary N) is 2. The molecule has 80 heavy (non-hydrogen) atoms. The van der Waals surface area contributed by atoms with Crippen molar-refractivity contribution in [2.75, 3.05) is 6.61 Å². The molecule has 0 spiro atoms. The molecule has 0 aromatic rings. The maximum absolute atomic E-state index is 12.6. The molecule has 0 saturated carbocycles. The van der Waals surface area contributed by atoms with Crippen LogP contribution in [0.15, 0.2) is 128 Å². The van der Waals surface area contributed by atoms with Crippen LogP contribution in [0.1, 0.15) is 232 Å². The zero-order valence-corrected chi connectivity index (χ0v) is 53.8. The number of hydrogen-bond acceptors (Lipinski definition) is 11. The highest BCUT2D eigenvalue weighted by Crippen LogP contribution is 2.56. The Morgan fingerprint density at radius 1 is 0.438 bits per heavy atom. The minimum absolute atomic E-state index is 0.473. The Bertz CT molecular complexity index is 2360. The third-order valence-electron chi connectivity index (χ3n) is 14.1. The highest BCUT2D eigenvalue weighted by molar-refractivity contribution is 7.59. The molecule has 2 amide bonds. The summed E-state index contributed by atoms with van der Waals surface area (Å²) in [5.74, 6) is -1.18. The van der Waals surface area contributed by atoms with Gasteiger partial charge in [-0.3, -0.25) is 23.2 Å². The van der Waals surface area contributed by atoms with Crippen LogP contribution in [0.4, 0.5) is 0 Å². The van der Waals surface area contributed by atoms with Gasteiger partial charge in [0.2, 0.25) is 11.8 Å². The lowest BCUT2D eigenvalue weighted by molar-refractivity contribution is -0.270. The van der Waals surface area contributed by atoms with Gasteiger partial charge in [-0.2, -0.15) is 0 Å². The van der Waals surface area contributed by atoms with Gasteiger partial charge in [-0.15, -0.1) is 0 Å². The maximum atomic E-state index is 12.6. The van der Waals surface area contributed by atoms with E-state index in [1.54, 1.807) is 0 Å². The maximum Gasteiger partial charge on any atom is 0.276 e. The third-order valence-corrected chi connectivity index (χ3v) is 16.6. The van der Waals surface area contributed by atoms with Crippen LogP contribution in [-0.2, 0) is 36.8 Å². The number of phosphoric acid groups is 2. The van der Waals surface area contributed by atoms with Crippen molar-refractivity contribution in [2.24, 2.45) is 0 Å². The van der Waals surface area contributed by atoms with Gasteiger partial charge >= 0.3 is 0 Å². The molecule has 1 saturated heterocycles. The van der Waals surface area contributed by atoms with Crippen molar-refractivity contribution in [3.63, 3.8) is 0 Å². The van der Waals surface area contributed by atoms with Gasteiger partial charge in [0, 0.05) is 13.8 Å². The SMILES string of the molecule is CC(=O)N[C@H]1[C@@H](OP(=O)([O-])OP(=O)([O-])OC/C=C(/C)CC/C=C(/C)CC/C=C(/C)CC/C=C(/C)CC/C=C(/C)CC/C=C(/C)CC/C=C(/C)CC/C=C(\C)CC/C=C(\C)CC/C=C(\C)CCC=C(C)C)O[C@H](C)[C@@H](NC(C)=O)[C@@H]1O. The highest BCUT2D eigenvalue weighted by Gasteiger charge is 2.46. The molecule has 0 bridgehead atoms. The molecule has 3 N–H and O–H groups in total. The van der Waals surface area contributed by atoms with Crippen molar-refractivity contribution in [3.8, 4) is 0 Å². The fourth-order valence-electron chi connectivity index (χ4n) is 9.05. The summed E-state index contributed by atoms with van der Waals surface area (Å²) >= 11 is 0. The van der Waals surface area contributed by atoms with Crippen LogP contribution in [0.5, 0.6) is 0 Å². The van der Waals surface area contributed by atoms with Crippen LogP contribution in [-0.4, -0.2) is 54.1 Å². The molecule has 454 valence electrons. The molecule has 13 nitrogen and oxygen atoms in total. The van der Waals surface area contributed by atoms with E-state index < -0.39 is 64.6 Å². The number of carbonyl (C=O) groups excluding carboxylic acids is 2. The minimum atomic E-state index is -5.67. The van der Waals surface area contributed by atoms with Crippen LogP contribution < -0.4 is 20.4 Å². The Kier molecular flexibility index (Phi) is 38.3. The molecule has 0 aromatic heterocycles. The van der Waals surface area contributed by atoms with Gasteiger partial charge in [0.1, 0.15) is 12.1 Å². The topological polar surface area (TPSA) is 196 Å². The second-order valence-corrected chi connectivity index (χ2v) is 25.6. The lowest BCUT2D eigenvalue weighted by Gasteiger charge is -2.45. The molecule has 1 aliphatic heterocycles. The Morgan fingerprint density at radius 2 is 0.700 bits per heavy atom. The largest absolute Gasteiger partial charge is 0.756 e. The number of hydrogen-bond donors (Lipinski definition) is 3. The third kappa shape index (κ3) is 38.1. The number of amides is 2. The molecule has 1 rings (SSSR count). The smallest absolute Gasteiger partial charge is 0.276 e. The van der Waals surface area contributed by atoms with E-state index in [9.17, 15) is 33.6 Å². The Balaban J connectivity index is 2.35. The molecule has 1 fully saturated rings. The highest BCUT2D eigenvalue weighted by atomic mass is 31.3. The first kappa shape index (κ1) is 74.3. The summed E-state index contributed by atoms with van der Waals surface area (Å²) in [4.78, 5) is 48.5. The number of aliphatic hydroxyl groups excluding tert-OH is 1. The van der Waals surface area contributed by atoms with Gasteiger partial charge in [-0.25, -0.2) is 4.31 Å². The Hall–Kier alpha value is -3.74. The summed E-state index contributed by atoms with van der Waals surface area (Å²) in [6.07, 6.45) is 42.0. The van der Waals surface area contributed by atoms with E-state index in [0.717, 1.165) is 128 Å². The zero-order chi connectivity index (χ0) is 60.3. The Labute approximate surface area is 485 Å². The first-order chi connectivity index (χ1) is 37.6. The predicted octanol–water partition coefficient (Wildman–Crippen LogP) is 16.3. The standard InChI is InChI=1S/C65H108N2O11P2/c1-48(2)26-16-27-49(3)28-17-29-50(4)30-18-31-51(5)32-19-33-52(6)34-20-35-53(7)36-21-37-54(8)38-22-39-55(9)40-23-41-56(10)42-24-43-57(11)44-25-45-58(12)46-47-75-79(71,72)78-80(73,74)77-65-63(67-61(15)69)64(70)62(59(13)76-65)66-60(14)68/h26,28,30,32,34,36,38,40,42,44,46,59,62-65,70H,16-25,27,29,31,33,35,37,39,41,43,45,47H2,1-15H3,(H,66,68)(H,67,69)(H,71,72)(H,73,74)/p-2/b49-28+,50-30+,51-32+,52-34-,53-36-,54-38-,55-40-,56-42-,57-44-,58-46-/t59-,62-,63-,64+,65-/m1/s1. The molecular weight excluding hydrogens is 1050 g/mol. The molecule has 0 aliphatic carbocycles. The number of rotatable bonds is 39. The predicted molar refractivity (Wildman–Crippen MR) is 328 cm³/mol. The second-order valence-electron chi connectivity index (χ2n) is 22.7. The van der Waals surface area contributed by atoms with Gasteiger partial charge in [-0.05, 0) is 218 Å². The van der Waals surface area contributed by atoms with Gasteiger partial charge in [0.15, 0.2) is 6.29 Å². The number of ether oxygens (including phenoxy) is 1. The second kappa shape index (κ2) is 41.3. The molecular formula is C65H106N2O11P2-2. The van der Waals surface area contributed by atoms with E-state index in [0.29, 0.717) is 6.42 Å². The first-order valence-electron chi connectivity index (χ1n) is 29.3.